The van der Waals surface area contributed by atoms with Crippen LogP contribution in [0.5, 0.6) is 0 Å². The molecule has 0 saturated carbocycles. The Bertz CT molecular complexity index is 229. The minimum atomic E-state index is -0.285. The Balaban J connectivity index is 3.05. The van der Waals surface area contributed by atoms with Crippen molar-refractivity contribution < 1.29 is 0 Å². The fraction of sp³-hybridized carbons (Fsp3) is 0.667. The van der Waals surface area contributed by atoms with Crippen LogP contribution >= 0.6 is 10.7 Å². The van der Waals surface area contributed by atoms with Gasteiger partial charge in [-0.25, -0.2) is 0 Å². The van der Waals surface area contributed by atoms with Crippen LogP contribution in [0, 0.1) is 6.92 Å². The Hall–Kier alpha value is -0.480. The zero-order valence-electron chi connectivity index (χ0n) is 6.46. The van der Waals surface area contributed by atoms with E-state index in [1.54, 1.807) is 0 Å². The molecule has 0 fully saturated rings. The smallest absolute Gasteiger partial charge is 0.127 e. The van der Waals surface area contributed by atoms with Gasteiger partial charge in [-0.2, -0.15) is 0 Å². The van der Waals surface area contributed by atoms with E-state index in [0.717, 1.165) is 10.0 Å². The van der Waals surface area contributed by atoms with Crippen LogP contribution in [0.1, 0.15) is 29.8 Å². The lowest BCUT2D eigenvalue weighted by Crippen LogP contribution is -1.91. The Morgan fingerprint density at radius 1 is 1.40 bits per heavy atom. The fourth-order valence-corrected chi connectivity index (χ4v) is 1.80. The molecular formula is C6H12N3S+. The maximum atomic E-state index is 5.79. The van der Waals surface area contributed by atoms with Gasteiger partial charge in [0.2, 0.25) is 0 Å². The molecule has 1 unspecified atom stereocenters. The summed E-state index contributed by atoms with van der Waals surface area (Å²) in [6, 6.07) is 0. The first-order chi connectivity index (χ1) is 4.63. The third-order valence-electron chi connectivity index (χ3n) is 1.33. The number of rotatable bonds is 1. The van der Waals surface area contributed by atoms with Crippen LogP contribution in [0.25, 0.3) is 0 Å². The largest absolute Gasteiger partial charge is 0.286 e. The van der Waals surface area contributed by atoms with E-state index in [0.29, 0.717) is 5.92 Å². The van der Waals surface area contributed by atoms with E-state index in [1.165, 1.54) is 0 Å². The van der Waals surface area contributed by atoms with Gasteiger partial charge in [-0.3, -0.25) is 0 Å². The first-order valence-corrected chi connectivity index (χ1v) is 4.52. The van der Waals surface area contributed by atoms with E-state index >= 15 is 0 Å². The topological polar surface area (TPSA) is 51.8 Å². The van der Waals surface area contributed by atoms with Crippen molar-refractivity contribution in [1.29, 1.82) is 0 Å². The quantitative estimate of drug-likeness (QED) is 0.628. The Labute approximate surface area is 63.4 Å². The third-order valence-corrected chi connectivity index (χ3v) is 3.05. The number of aromatic nitrogens is 2. The van der Waals surface area contributed by atoms with E-state index in [2.05, 4.69) is 24.0 Å². The van der Waals surface area contributed by atoms with Crippen molar-refractivity contribution in [3.8, 4) is 0 Å². The molecule has 10 heavy (non-hydrogen) atoms. The number of nitrogens with two attached hydrogens (primary N) is 1. The molecule has 1 aromatic rings. The van der Waals surface area contributed by atoms with Gasteiger partial charge in [0.15, 0.2) is 0 Å². The number of hydrogen-bond acceptors (Lipinski definition) is 3. The molecule has 0 aliphatic rings. The molecule has 56 valence electrons. The van der Waals surface area contributed by atoms with Crippen LogP contribution in [0.15, 0.2) is 0 Å². The molecule has 1 atom stereocenters. The van der Waals surface area contributed by atoms with Gasteiger partial charge < -0.3 is 0 Å². The molecular weight excluding hydrogens is 146 g/mol. The van der Waals surface area contributed by atoms with Crippen LogP contribution in [-0.4, -0.2) is 10.2 Å². The van der Waals surface area contributed by atoms with Gasteiger partial charge in [0, 0.05) is 6.92 Å². The van der Waals surface area contributed by atoms with Crippen molar-refractivity contribution in [1.82, 2.24) is 10.2 Å². The van der Waals surface area contributed by atoms with Crippen molar-refractivity contribution in [2.24, 2.45) is 0 Å². The molecule has 0 radical (unpaired) electrons. The van der Waals surface area contributed by atoms with E-state index in [1.807, 2.05) is 6.92 Å². The van der Waals surface area contributed by atoms with Crippen LogP contribution < -0.4 is 5.14 Å². The highest BCUT2D eigenvalue weighted by atomic mass is 32.2. The Kier molecular flexibility index (Phi) is 2.01. The number of hydrogen-bond donors (Lipinski definition) is 1. The van der Waals surface area contributed by atoms with Gasteiger partial charge in [0.1, 0.15) is 10.7 Å². The van der Waals surface area contributed by atoms with Crippen LogP contribution in [-0.2, 0) is 0 Å². The second kappa shape index (κ2) is 2.64. The molecule has 0 spiro atoms. The minimum absolute atomic E-state index is 0.285. The maximum absolute atomic E-state index is 5.79. The Morgan fingerprint density at radius 2 is 2.00 bits per heavy atom. The lowest BCUT2D eigenvalue weighted by molar-refractivity contribution is 0.821. The summed E-state index contributed by atoms with van der Waals surface area (Å²) >= 11 is 0. The van der Waals surface area contributed by atoms with Crippen molar-refractivity contribution in [2.75, 3.05) is 5.14 Å². The summed E-state index contributed by atoms with van der Waals surface area (Å²) in [5.41, 5.74) is 0. The minimum Gasteiger partial charge on any atom is -0.127 e. The molecule has 0 bridgehead atoms. The Morgan fingerprint density at radius 3 is 2.20 bits per heavy atom. The molecule has 1 heterocycles. The van der Waals surface area contributed by atoms with Gasteiger partial charge in [-0.05, 0) is 0 Å². The molecule has 2 N–H and O–H groups in total. The highest BCUT2D eigenvalue weighted by Gasteiger charge is 2.20. The third kappa shape index (κ3) is 1.17. The summed E-state index contributed by atoms with van der Waals surface area (Å²) in [4.78, 5) is 0. The van der Waals surface area contributed by atoms with Crippen LogP contribution in [0.4, 0.5) is 0 Å². The van der Waals surface area contributed by atoms with Crippen LogP contribution in [0.3, 0.4) is 0 Å². The summed E-state index contributed by atoms with van der Waals surface area (Å²) in [5, 5.41) is 15.7. The van der Waals surface area contributed by atoms with Crippen molar-refractivity contribution in [3.63, 3.8) is 0 Å². The second-order valence-corrected chi connectivity index (χ2v) is 4.23. The monoisotopic (exact) mass is 158 g/mol. The predicted octanol–water partition coefficient (Wildman–Crippen LogP) is 1.37. The summed E-state index contributed by atoms with van der Waals surface area (Å²) < 4.78 is 0. The highest BCUT2D eigenvalue weighted by Crippen LogP contribution is 2.24. The first kappa shape index (κ1) is 7.63. The van der Waals surface area contributed by atoms with Gasteiger partial charge in [-0.15, -0.1) is 5.14 Å². The maximum Gasteiger partial charge on any atom is 0.286 e. The summed E-state index contributed by atoms with van der Waals surface area (Å²) in [6.07, 6.45) is 0. The summed E-state index contributed by atoms with van der Waals surface area (Å²) in [5.74, 6) is 0.425. The molecule has 3 nitrogen and oxygen atoms in total. The molecule has 0 aliphatic heterocycles. The molecule has 4 heteroatoms. The molecule has 0 saturated heterocycles. The van der Waals surface area contributed by atoms with Gasteiger partial charge >= 0.3 is 0 Å². The predicted molar refractivity (Wildman–Crippen MR) is 43.5 cm³/mol. The lowest BCUT2D eigenvalue weighted by Gasteiger charge is -1.89. The molecule has 0 amide bonds. The molecule has 1 rings (SSSR count). The lowest BCUT2D eigenvalue weighted by atomic mass is 10.2. The molecule has 1 aromatic heterocycles. The normalized spacial score (nSPS) is 12.7. The van der Waals surface area contributed by atoms with Crippen molar-refractivity contribution in [3.05, 3.63) is 10.0 Å². The fourth-order valence-electron chi connectivity index (χ4n) is 0.728. The zero-order chi connectivity index (χ0) is 7.72. The van der Waals surface area contributed by atoms with E-state index < -0.39 is 0 Å². The second-order valence-electron chi connectivity index (χ2n) is 2.55. The van der Waals surface area contributed by atoms with Crippen molar-refractivity contribution >= 4 is 10.7 Å². The van der Waals surface area contributed by atoms with Crippen molar-refractivity contribution in [2.45, 2.75) is 26.7 Å². The summed E-state index contributed by atoms with van der Waals surface area (Å²) in [7, 11) is -0.285. The zero-order valence-corrected chi connectivity index (χ0v) is 7.27. The average Bonchev–Trinajstić information content (AvgIpc) is 2.14. The van der Waals surface area contributed by atoms with Gasteiger partial charge in [0.05, 0.1) is 5.92 Å². The first-order valence-electron chi connectivity index (χ1n) is 3.23. The standard InChI is InChI=1S/C6H12N3S/c1-4(2)6-9-8-5(3)10(6)7/h4H,7H2,1-3H3/q+1. The molecule has 0 aromatic carbocycles. The van der Waals surface area contributed by atoms with E-state index in [9.17, 15) is 0 Å². The van der Waals surface area contributed by atoms with Gasteiger partial charge in [0.25, 0.3) is 10.0 Å². The molecule has 0 aliphatic carbocycles. The highest BCUT2D eigenvalue weighted by molar-refractivity contribution is 7.31. The average molecular weight is 158 g/mol. The SMILES string of the molecule is Cc1nnc(C(C)C)[s+]1N. The number of nitrogen functional groups attached to an aromatic ring is 1. The van der Waals surface area contributed by atoms with Crippen LogP contribution in [0.2, 0.25) is 0 Å². The van der Waals surface area contributed by atoms with E-state index in [4.69, 9.17) is 5.14 Å². The van der Waals surface area contributed by atoms with Gasteiger partial charge in [-0.1, -0.05) is 24.0 Å². The number of nitrogens with zero attached hydrogens (tertiary/aromatic N) is 2. The summed E-state index contributed by atoms with van der Waals surface area (Å²) in [6.45, 7) is 6.08. The number of aryl methyl sites for hydroxylation is 1. The van der Waals surface area contributed by atoms with E-state index in [-0.39, 0.29) is 10.7 Å².